The molecule has 0 aliphatic carbocycles. The van der Waals surface area contributed by atoms with E-state index < -0.39 is 0 Å². The number of aromatic nitrogens is 2. The van der Waals surface area contributed by atoms with E-state index in [-0.39, 0.29) is 5.91 Å². The number of pyridine rings is 1. The quantitative estimate of drug-likeness (QED) is 0.386. The molecule has 4 rings (SSSR count). The second-order valence-corrected chi connectivity index (χ2v) is 7.57. The third-order valence-corrected chi connectivity index (χ3v) is 5.49. The molecule has 0 N–H and O–H groups in total. The van der Waals surface area contributed by atoms with Crippen LogP contribution in [-0.4, -0.2) is 35.3 Å². The topological polar surface area (TPSA) is 56.5 Å². The number of carbonyl (C=O) groups is 1. The number of aliphatic imine (C=N–C) groups is 1. The monoisotopic (exact) mass is 431 g/mol. The Bertz CT molecular complexity index is 1250. The van der Waals surface area contributed by atoms with Crippen LogP contribution in [0.15, 0.2) is 71.9 Å². The molecule has 0 atom stereocenters. The number of benzene rings is 2. The van der Waals surface area contributed by atoms with Gasteiger partial charge in [0.1, 0.15) is 5.75 Å². The van der Waals surface area contributed by atoms with Crippen LogP contribution in [0.25, 0.3) is 10.9 Å². The van der Waals surface area contributed by atoms with Gasteiger partial charge in [0.05, 0.1) is 18.3 Å². The summed E-state index contributed by atoms with van der Waals surface area (Å²) in [7, 11) is 1.64. The zero-order chi connectivity index (χ0) is 21.8. The Morgan fingerprint density at radius 3 is 2.68 bits per heavy atom. The minimum atomic E-state index is -0.0902. The summed E-state index contributed by atoms with van der Waals surface area (Å²) in [6.45, 7) is 2.56. The molecule has 0 bridgehead atoms. The van der Waals surface area contributed by atoms with Gasteiger partial charge in [0.2, 0.25) is 0 Å². The molecule has 156 valence electrons. The highest BCUT2D eigenvalue weighted by molar-refractivity contribution is 6.30. The van der Waals surface area contributed by atoms with Crippen molar-refractivity contribution in [2.45, 2.75) is 13.3 Å². The number of halogens is 1. The van der Waals surface area contributed by atoms with E-state index in [9.17, 15) is 4.79 Å². The number of nitrogens with zero attached hydrogens (tertiary/aromatic N) is 3. The van der Waals surface area contributed by atoms with Crippen molar-refractivity contribution in [3.05, 3.63) is 94.4 Å². The van der Waals surface area contributed by atoms with Crippen molar-refractivity contribution < 1.29 is 9.53 Å². The Hall–Kier alpha value is -3.44. The maximum atomic E-state index is 13.3. The molecular weight excluding hydrogens is 410 g/mol. The van der Waals surface area contributed by atoms with Gasteiger partial charge in [0.15, 0.2) is 0 Å². The second-order valence-electron chi connectivity index (χ2n) is 7.13. The molecule has 0 aliphatic heterocycles. The molecule has 5 nitrogen and oxygen atoms in total. The highest BCUT2D eigenvalue weighted by atomic mass is 35.5. The van der Waals surface area contributed by atoms with Crippen LogP contribution in [0, 0.1) is 6.92 Å². The summed E-state index contributed by atoms with van der Waals surface area (Å²) >= 11 is 5.99. The molecule has 31 heavy (non-hydrogen) atoms. The molecule has 2 heterocycles. The number of fused-ring (bicyclic) bond motifs is 1. The fraction of sp³-hybridized carbons (Fsp3) is 0.160. The molecule has 6 heteroatoms. The molecular formula is C25H22ClN3O2. The number of ether oxygens (including phenoxy) is 1. The van der Waals surface area contributed by atoms with Gasteiger partial charge in [-0.15, -0.1) is 0 Å². The van der Waals surface area contributed by atoms with Crippen molar-refractivity contribution in [3.63, 3.8) is 0 Å². The summed E-state index contributed by atoms with van der Waals surface area (Å²) in [5.74, 6) is 0.661. The van der Waals surface area contributed by atoms with Crippen molar-refractivity contribution in [1.82, 2.24) is 9.55 Å². The van der Waals surface area contributed by atoms with Gasteiger partial charge in [-0.1, -0.05) is 17.7 Å². The van der Waals surface area contributed by atoms with E-state index in [0.29, 0.717) is 23.6 Å². The van der Waals surface area contributed by atoms with Crippen LogP contribution in [-0.2, 0) is 6.42 Å². The van der Waals surface area contributed by atoms with Gasteiger partial charge in [0, 0.05) is 40.6 Å². The molecule has 0 radical (unpaired) electrons. The number of carbonyl (C=O) groups excluding carboxylic acids is 1. The lowest BCUT2D eigenvalue weighted by Crippen LogP contribution is -2.13. The van der Waals surface area contributed by atoms with Gasteiger partial charge in [-0.3, -0.25) is 19.3 Å². The van der Waals surface area contributed by atoms with Crippen LogP contribution in [0.3, 0.4) is 0 Å². The zero-order valence-corrected chi connectivity index (χ0v) is 18.1. The van der Waals surface area contributed by atoms with E-state index in [0.717, 1.165) is 33.6 Å². The summed E-state index contributed by atoms with van der Waals surface area (Å²) in [5.41, 5.74) is 4.23. The molecule has 0 unspecified atom stereocenters. The van der Waals surface area contributed by atoms with Crippen LogP contribution in [0.5, 0.6) is 5.75 Å². The van der Waals surface area contributed by atoms with Gasteiger partial charge < -0.3 is 4.74 Å². The summed E-state index contributed by atoms with van der Waals surface area (Å²) in [6.07, 6.45) is 4.21. The lowest BCUT2D eigenvalue weighted by molar-refractivity contribution is 0.0963. The first kappa shape index (κ1) is 20.8. The summed E-state index contributed by atoms with van der Waals surface area (Å²) in [4.78, 5) is 22.1. The summed E-state index contributed by atoms with van der Waals surface area (Å²) in [5, 5.41) is 1.59. The highest BCUT2D eigenvalue weighted by Crippen LogP contribution is 2.30. The fourth-order valence-corrected chi connectivity index (χ4v) is 3.80. The van der Waals surface area contributed by atoms with E-state index in [2.05, 4.69) is 9.98 Å². The Morgan fingerprint density at radius 1 is 1.16 bits per heavy atom. The predicted octanol–water partition coefficient (Wildman–Crippen LogP) is 5.36. The van der Waals surface area contributed by atoms with E-state index in [1.165, 1.54) is 0 Å². The predicted molar refractivity (Wildman–Crippen MR) is 125 cm³/mol. The van der Waals surface area contributed by atoms with E-state index in [1.54, 1.807) is 48.4 Å². The zero-order valence-electron chi connectivity index (χ0n) is 17.4. The van der Waals surface area contributed by atoms with Crippen LogP contribution in [0.2, 0.25) is 5.02 Å². The van der Waals surface area contributed by atoms with Crippen LogP contribution < -0.4 is 4.74 Å². The van der Waals surface area contributed by atoms with Gasteiger partial charge >= 0.3 is 0 Å². The number of methoxy groups -OCH3 is 1. The Labute approximate surface area is 186 Å². The van der Waals surface area contributed by atoms with Gasteiger partial charge in [-0.2, -0.15) is 0 Å². The average molecular weight is 432 g/mol. The number of rotatable bonds is 6. The molecule has 0 saturated heterocycles. The van der Waals surface area contributed by atoms with Crippen LogP contribution in [0.1, 0.15) is 27.3 Å². The minimum Gasteiger partial charge on any atom is -0.497 e. The Kier molecular flexibility index (Phi) is 6.14. The maximum absolute atomic E-state index is 13.3. The summed E-state index contributed by atoms with van der Waals surface area (Å²) < 4.78 is 7.18. The Balaban J connectivity index is 1.70. The third-order valence-electron chi connectivity index (χ3n) is 5.24. The number of hydrogen-bond donors (Lipinski definition) is 0. The molecule has 4 aromatic rings. The summed E-state index contributed by atoms with van der Waals surface area (Å²) in [6, 6.07) is 18.4. The fourth-order valence-electron chi connectivity index (χ4n) is 3.67. The number of hydrogen-bond acceptors (Lipinski definition) is 4. The van der Waals surface area contributed by atoms with Gasteiger partial charge in [0.25, 0.3) is 5.91 Å². The second kappa shape index (κ2) is 9.14. The molecule has 0 fully saturated rings. The lowest BCUT2D eigenvalue weighted by atomic mass is 10.1. The molecule has 0 aliphatic rings. The largest absolute Gasteiger partial charge is 0.497 e. The normalized spacial score (nSPS) is 11.3. The standard InChI is InChI=1S/C25H22ClN3O2/c1-17-22(12-14-27-16-20-5-3-4-13-28-20)23-15-21(31-2)10-11-24(23)29(17)25(30)18-6-8-19(26)9-7-18/h3-11,13,15-16H,12,14H2,1-2H3. The van der Waals surface area contributed by atoms with E-state index >= 15 is 0 Å². The first-order chi connectivity index (χ1) is 15.1. The van der Waals surface area contributed by atoms with Crippen molar-refractivity contribution in [3.8, 4) is 5.75 Å². The average Bonchev–Trinajstić information content (AvgIpc) is 3.07. The van der Waals surface area contributed by atoms with Gasteiger partial charge in [-0.05, 0) is 73.5 Å². The minimum absolute atomic E-state index is 0.0902. The van der Waals surface area contributed by atoms with Crippen molar-refractivity contribution in [1.29, 1.82) is 0 Å². The SMILES string of the molecule is COc1ccc2c(c1)c(CCN=Cc1ccccn1)c(C)n2C(=O)c1ccc(Cl)cc1. The first-order valence-corrected chi connectivity index (χ1v) is 10.4. The molecule has 0 amide bonds. The molecule has 0 saturated carbocycles. The Morgan fingerprint density at radius 2 is 1.97 bits per heavy atom. The van der Waals surface area contributed by atoms with Crippen molar-refractivity contribution in [2.24, 2.45) is 4.99 Å². The third kappa shape index (κ3) is 4.37. The van der Waals surface area contributed by atoms with Crippen molar-refractivity contribution in [2.75, 3.05) is 13.7 Å². The van der Waals surface area contributed by atoms with E-state index in [1.807, 2.05) is 43.3 Å². The maximum Gasteiger partial charge on any atom is 0.262 e. The van der Waals surface area contributed by atoms with Crippen LogP contribution in [0.4, 0.5) is 0 Å². The highest BCUT2D eigenvalue weighted by Gasteiger charge is 2.20. The molecule has 2 aromatic heterocycles. The van der Waals surface area contributed by atoms with Gasteiger partial charge in [-0.25, -0.2) is 0 Å². The van der Waals surface area contributed by atoms with Crippen LogP contribution >= 0.6 is 11.6 Å². The molecule has 0 spiro atoms. The molecule has 2 aromatic carbocycles. The smallest absolute Gasteiger partial charge is 0.262 e. The first-order valence-electron chi connectivity index (χ1n) is 9.97. The lowest BCUT2D eigenvalue weighted by Gasteiger charge is -2.08. The van der Waals surface area contributed by atoms with Crippen molar-refractivity contribution >= 4 is 34.6 Å². The van der Waals surface area contributed by atoms with E-state index in [4.69, 9.17) is 16.3 Å².